The first kappa shape index (κ1) is 18.4. The number of nitrogens with zero attached hydrogens (tertiary/aromatic N) is 2. The van der Waals surface area contributed by atoms with Crippen LogP contribution < -0.4 is 21.1 Å². The van der Waals surface area contributed by atoms with E-state index in [1.807, 2.05) is 26.8 Å². The standard InChI is InChI=1S/C17H23N5O3/c1-11-16(25)22(12-8-6-5-7-9-12)21-14(19-11)15(24)18-10-13(23)20-17(2,3)4/h5-9,11H,10H2,1-4H3,(H,18,24)(H,19,21)(H,20,23)/t11-/m1/s1. The van der Waals surface area contributed by atoms with Gasteiger partial charge in [-0.3, -0.25) is 19.8 Å². The Morgan fingerprint density at radius 1 is 1.24 bits per heavy atom. The van der Waals surface area contributed by atoms with Crippen LogP contribution >= 0.6 is 0 Å². The third kappa shape index (κ3) is 5.03. The van der Waals surface area contributed by atoms with Gasteiger partial charge in [0.05, 0.1) is 12.2 Å². The van der Waals surface area contributed by atoms with Gasteiger partial charge in [0.15, 0.2) is 0 Å². The fraction of sp³-hybridized carbons (Fsp3) is 0.412. The largest absolute Gasteiger partial charge is 0.350 e. The molecular formula is C17H23N5O3. The van der Waals surface area contributed by atoms with Crippen LogP contribution in [0.1, 0.15) is 27.7 Å². The Hall–Kier alpha value is -2.90. The molecule has 3 N–H and O–H groups in total. The van der Waals surface area contributed by atoms with Gasteiger partial charge in [-0.1, -0.05) is 18.2 Å². The van der Waals surface area contributed by atoms with Gasteiger partial charge >= 0.3 is 0 Å². The molecule has 1 heterocycles. The van der Waals surface area contributed by atoms with Crippen molar-refractivity contribution in [3.05, 3.63) is 30.3 Å². The van der Waals surface area contributed by atoms with Crippen molar-refractivity contribution in [1.82, 2.24) is 16.1 Å². The summed E-state index contributed by atoms with van der Waals surface area (Å²) in [6.07, 6.45) is 0. The summed E-state index contributed by atoms with van der Waals surface area (Å²) in [6, 6.07) is 8.20. The molecule has 1 aromatic rings. The Balaban J connectivity index is 2.03. The van der Waals surface area contributed by atoms with Crippen LogP contribution in [0.25, 0.3) is 0 Å². The van der Waals surface area contributed by atoms with E-state index in [1.165, 1.54) is 5.01 Å². The van der Waals surface area contributed by atoms with Gasteiger partial charge in [-0.25, -0.2) is 10.0 Å². The molecule has 1 aromatic carbocycles. The second kappa shape index (κ2) is 7.33. The minimum absolute atomic E-state index is 0.0143. The van der Waals surface area contributed by atoms with E-state index < -0.39 is 11.9 Å². The zero-order valence-electron chi connectivity index (χ0n) is 14.8. The van der Waals surface area contributed by atoms with E-state index in [4.69, 9.17) is 0 Å². The molecule has 0 fully saturated rings. The number of carbonyl (C=O) groups excluding carboxylic acids is 3. The Bertz CT molecular complexity index is 694. The van der Waals surface area contributed by atoms with Gasteiger partial charge in [-0.15, -0.1) is 0 Å². The van der Waals surface area contributed by atoms with Crippen molar-refractivity contribution in [2.45, 2.75) is 39.3 Å². The quantitative estimate of drug-likeness (QED) is 0.733. The van der Waals surface area contributed by atoms with E-state index in [-0.39, 0.29) is 29.7 Å². The Labute approximate surface area is 146 Å². The summed E-state index contributed by atoms with van der Waals surface area (Å²) >= 11 is 0. The third-order valence-corrected chi connectivity index (χ3v) is 3.27. The Morgan fingerprint density at radius 2 is 1.88 bits per heavy atom. The number of amidine groups is 1. The third-order valence-electron chi connectivity index (χ3n) is 3.27. The fourth-order valence-corrected chi connectivity index (χ4v) is 2.21. The molecule has 0 saturated carbocycles. The summed E-state index contributed by atoms with van der Waals surface area (Å²) in [7, 11) is 0. The highest BCUT2D eigenvalue weighted by atomic mass is 16.2. The number of amides is 3. The van der Waals surface area contributed by atoms with Crippen LogP contribution in [-0.2, 0) is 14.4 Å². The van der Waals surface area contributed by atoms with E-state index in [1.54, 1.807) is 31.2 Å². The molecule has 8 heteroatoms. The van der Waals surface area contributed by atoms with Gasteiger partial charge in [-0.05, 0) is 39.8 Å². The lowest BCUT2D eigenvalue weighted by atomic mass is 10.1. The number of benzene rings is 1. The molecular weight excluding hydrogens is 322 g/mol. The SMILES string of the molecule is C[C@H]1N=C(C(=O)NCC(=O)NC(C)(C)C)NN(c2ccccc2)C1=O. The first-order valence-electron chi connectivity index (χ1n) is 8.00. The van der Waals surface area contributed by atoms with Crippen molar-refractivity contribution in [1.29, 1.82) is 0 Å². The lowest BCUT2D eigenvalue weighted by Crippen LogP contribution is -2.58. The molecule has 0 aliphatic carbocycles. The Morgan fingerprint density at radius 3 is 2.48 bits per heavy atom. The molecule has 3 amide bonds. The van der Waals surface area contributed by atoms with Gasteiger partial charge in [0, 0.05) is 5.54 Å². The average molecular weight is 345 g/mol. The number of hydrogen-bond acceptors (Lipinski definition) is 5. The summed E-state index contributed by atoms with van der Waals surface area (Å²) in [4.78, 5) is 40.4. The number of aliphatic imine (C=N–C) groups is 1. The van der Waals surface area contributed by atoms with Crippen molar-refractivity contribution in [2.24, 2.45) is 4.99 Å². The predicted molar refractivity (Wildman–Crippen MR) is 94.9 cm³/mol. The van der Waals surface area contributed by atoms with E-state index in [0.29, 0.717) is 5.69 Å². The minimum atomic E-state index is -0.703. The molecule has 134 valence electrons. The van der Waals surface area contributed by atoms with Crippen molar-refractivity contribution >= 4 is 29.2 Å². The zero-order valence-corrected chi connectivity index (χ0v) is 14.8. The number of para-hydroxylation sites is 1. The van der Waals surface area contributed by atoms with Crippen LogP contribution in [0.15, 0.2) is 35.3 Å². The molecule has 1 aliphatic rings. The highest BCUT2D eigenvalue weighted by molar-refractivity contribution is 6.39. The van der Waals surface area contributed by atoms with Crippen LogP contribution in [0, 0.1) is 0 Å². The maximum atomic E-state index is 12.3. The molecule has 25 heavy (non-hydrogen) atoms. The van der Waals surface area contributed by atoms with E-state index >= 15 is 0 Å². The number of nitrogens with one attached hydrogen (secondary N) is 3. The second-order valence-corrected chi connectivity index (χ2v) is 6.76. The lowest BCUT2D eigenvalue weighted by molar-refractivity contribution is -0.124. The summed E-state index contributed by atoms with van der Waals surface area (Å²) in [6.45, 7) is 6.99. The van der Waals surface area contributed by atoms with Crippen molar-refractivity contribution in [3.8, 4) is 0 Å². The first-order chi connectivity index (χ1) is 11.7. The number of hydrazine groups is 1. The second-order valence-electron chi connectivity index (χ2n) is 6.76. The van der Waals surface area contributed by atoms with Gasteiger partial charge in [0.2, 0.25) is 11.7 Å². The molecule has 1 aliphatic heterocycles. The highest BCUT2D eigenvalue weighted by Gasteiger charge is 2.30. The van der Waals surface area contributed by atoms with Crippen molar-refractivity contribution in [2.75, 3.05) is 11.6 Å². The smallest absolute Gasteiger partial charge is 0.288 e. The summed E-state index contributed by atoms with van der Waals surface area (Å²) < 4.78 is 0. The topological polar surface area (TPSA) is 103 Å². The number of carbonyl (C=O) groups is 3. The Kier molecular flexibility index (Phi) is 5.41. The van der Waals surface area contributed by atoms with Gasteiger partial charge in [0.25, 0.3) is 11.8 Å². The van der Waals surface area contributed by atoms with Crippen molar-refractivity contribution in [3.63, 3.8) is 0 Å². The van der Waals surface area contributed by atoms with Crippen LogP contribution in [0.2, 0.25) is 0 Å². The maximum Gasteiger partial charge on any atom is 0.288 e. The monoisotopic (exact) mass is 345 g/mol. The zero-order chi connectivity index (χ0) is 18.6. The van der Waals surface area contributed by atoms with Crippen LogP contribution in [0.3, 0.4) is 0 Å². The van der Waals surface area contributed by atoms with E-state index in [9.17, 15) is 14.4 Å². The normalized spacial score (nSPS) is 17.4. The minimum Gasteiger partial charge on any atom is -0.350 e. The summed E-state index contributed by atoms with van der Waals surface area (Å²) in [5.74, 6) is -1.14. The highest BCUT2D eigenvalue weighted by Crippen LogP contribution is 2.15. The number of hydrogen-bond donors (Lipinski definition) is 3. The molecule has 0 spiro atoms. The number of rotatable bonds is 4. The first-order valence-corrected chi connectivity index (χ1v) is 8.00. The summed E-state index contributed by atoms with van der Waals surface area (Å²) in [5.41, 5.74) is 2.93. The van der Waals surface area contributed by atoms with Gasteiger partial charge in [-0.2, -0.15) is 0 Å². The molecule has 2 rings (SSSR count). The van der Waals surface area contributed by atoms with Gasteiger partial charge in [0.1, 0.15) is 6.04 Å². The number of anilines is 1. The molecule has 8 nitrogen and oxygen atoms in total. The van der Waals surface area contributed by atoms with E-state index in [0.717, 1.165) is 0 Å². The molecule has 0 radical (unpaired) electrons. The fourth-order valence-electron chi connectivity index (χ4n) is 2.21. The van der Waals surface area contributed by atoms with Gasteiger partial charge < -0.3 is 10.6 Å². The summed E-state index contributed by atoms with van der Waals surface area (Å²) in [5, 5.41) is 6.53. The van der Waals surface area contributed by atoms with Crippen LogP contribution in [-0.4, -0.2) is 41.7 Å². The predicted octanol–water partition coefficient (Wildman–Crippen LogP) is 0.356. The molecule has 1 atom stereocenters. The maximum absolute atomic E-state index is 12.3. The lowest BCUT2D eigenvalue weighted by Gasteiger charge is -2.30. The van der Waals surface area contributed by atoms with E-state index in [2.05, 4.69) is 21.1 Å². The molecule has 0 saturated heterocycles. The average Bonchev–Trinajstić information content (AvgIpc) is 2.54. The van der Waals surface area contributed by atoms with Crippen LogP contribution in [0.5, 0.6) is 0 Å². The molecule has 0 bridgehead atoms. The molecule has 0 unspecified atom stereocenters. The van der Waals surface area contributed by atoms with Crippen LogP contribution in [0.4, 0.5) is 5.69 Å². The van der Waals surface area contributed by atoms with Crippen molar-refractivity contribution < 1.29 is 14.4 Å². The molecule has 0 aromatic heterocycles.